The lowest BCUT2D eigenvalue weighted by atomic mass is 9.89. The van der Waals surface area contributed by atoms with E-state index < -0.39 is 0 Å². The molecule has 1 fully saturated rings. The SMILES string of the molecule is C[C@@H]1CCCCCCCCCCCCCC[C@@H](C)CCC[C@@H](C)CCOC[C@@H](CO)OCCCCCCCCCCCCCC[C@H](C)CC[C@@H](C)CCC[C@@H](C)CCC[C@@H](C)CCCCCCOC[C@@H](CO)OCC[C@H](C)CCC[C@H](C)CCC1. The third-order valence-corrected chi connectivity index (χ3v) is 20.7. The fourth-order valence-electron chi connectivity index (χ4n) is 13.8. The van der Waals surface area contributed by atoms with E-state index in [2.05, 4.69) is 62.3 Å². The van der Waals surface area contributed by atoms with Gasteiger partial charge in [0, 0.05) is 26.4 Å². The Morgan fingerprint density at radius 1 is 0.200 bits per heavy atom. The van der Waals surface area contributed by atoms with Crippen LogP contribution in [0.2, 0.25) is 0 Å². The molecule has 0 bridgehead atoms. The van der Waals surface area contributed by atoms with Crippen LogP contribution in [0.5, 0.6) is 0 Å². The molecule has 2 N–H and O–H groups in total. The lowest BCUT2D eigenvalue weighted by molar-refractivity contribution is -0.0459. The summed E-state index contributed by atoms with van der Waals surface area (Å²) in [4.78, 5) is 0. The number of hydrogen-bond acceptors (Lipinski definition) is 6. The molecule has 0 aromatic carbocycles. The van der Waals surface area contributed by atoms with Crippen LogP contribution in [-0.4, -0.2) is 75.3 Å². The summed E-state index contributed by atoms with van der Waals surface area (Å²) in [7, 11) is 0. The van der Waals surface area contributed by atoms with Gasteiger partial charge in [0.15, 0.2) is 0 Å². The Labute approximate surface area is 534 Å². The maximum Gasteiger partial charge on any atom is 0.104 e. The summed E-state index contributed by atoms with van der Waals surface area (Å²) in [5.41, 5.74) is 0. The molecule has 0 aromatic rings. The molecule has 0 aromatic heterocycles. The molecule has 0 amide bonds. The summed E-state index contributed by atoms with van der Waals surface area (Å²) in [6, 6.07) is 0. The zero-order valence-electron chi connectivity index (χ0n) is 59.6. The van der Waals surface area contributed by atoms with Crippen LogP contribution < -0.4 is 0 Å². The highest BCUT2D eigenvalue weighted by Gasteiger charge is 2.15. The minimum absolute atomic E-state index is 0.0490. The molecule has 1 saturated heterocycles. The Balaban J connectivity index is 2.33. The minimum atomic E-state index is -0.189. The van der Waals surface area contributed by atoms with E-state index >= 15 is 0 Å². The van der Waals surface area contributed by atoms with Crippen molar-refractivity contribution in [2.75, 3.05) is 52.9 Å². The van der Waals surface area contributed by atoms with Crippen LogP contribution in [-0.2, 0) is 18.9 Å². The van der Waals surface area contributed by atoms with Gasteiger partial charge in [0.25, 0.3) is 0 Å². The molecule has 0 aliphatic carbocycles. The Morgan fingerprint density at radius 3 is 0.694 bits per heavy atom. The third-order valence-electron chi connectivity index (χ3n) is 20.7. The molecular weight excluding hydrogens is 1040 g/mol. The second-order valence-corrected chi connectivity index (χ2v) is 30.3. The zero-order chi connectivity index (χ0) is 61.9. The number of ether oxygens (including phenoxy) is 4. The van der Waals surface area contributed by atoms with Crippen molar-refractivity contribution in [2.45, 2.75) is 402 Å². The molecule has 510 valence electrons. The smallest absolute Gasteiger partial charge is 0.104 e. The summed E-state index contributed by atoms with van der Waals surface area (Å²) < 4.78 is 24.1. The summed E-state index contributed by atoms with van der Waals surface area (Å²) in [5.74, 6) is 7.43. The first-order valence-electron chi connectivity index (χ1n) is 39.0. The number of hydrogen-bond donors (Lipinski definition) is 2. The predicted octanol–water partition coefficient (Wildman–Crippen LogP) is 24.4. The van der Waals surface area contributed by atoms with Crippen LogP contribution in [0, 0.1) is 53.3 Å². The van der Waals surface area contributed by atoms with Crippen LogP contribution in [0.3, 0.4) is 0 Å². The van der Waals surface area contributed by atoms with Crippen molar-refractivity contribution in [3.8, 4) is 0 Å². The second-order valence-electron chi connectivity index (χ2n) is 30.3. The molecule has 85 heavy (non-hydrogen) atoms. The van der Waals surface area contributed by atoms with E-state index in [0.717, 1.165) is 93.5 Å². The van der Waals surface area contributed by atoms with Gasteiger partial charge in [0.2, 0.25) is 0 Å². The molecule has 1 heterocycles. The van der Waals surface area contributed by atoms with Crippen molar-refractivity contribution in [1.82, 2.24) is 0 Å². The molecule has 6 heteroatoms. The summed E-state index contributed by atoms with van der Waals surface area (Å²) in [5, 5.41) is 19.8. The highest BCUT2D eigenvalue weighted by atomic mass is 16.5. The molecule has 1 aliphatic heterocycles. The van der Waals surface area contributed by atoms with Crippen molar-refractivity contribution in [3.05, 3.63) is 0 Å². The molecule has 0 spiro atoms. The maximum absolute atomic E-state index is 9.94. The first-order valence-corrected chi connectivity index (χ1v) is 39.0. The highest BCUT2D eigenvalue weighted by molar-refractivity contribution is 4.67. The fourth-order valence-corrected chi connectivity index (χ4v) is 13.8. The van der Waals surface area contributed by atoms with Crippen LogP contribution in [0.4, 0.5) is 0 Å². The molecule has 0 saturated carbocycles. The van der Waals surface area contributed by atoms with Gasteiger partial charge in [-0.05, 0) is 78.9 Å². The zero-order valence-corrected chi connectivity index (χ0v) is 59.6. The second kappa shape index (κ2) is 62.6. The van der Waals surface area contributed by atoms with E-state index in [1.54, 1.807) is 0 Å². The van der Waals surface area contributed by atoms with E-state index in [1.165, 1.54) is 302 Å². The molecule has 0 unspecified atom stereocenters. The molecule has 11 atom stereocenters. The fraction of sp³-hybridized carbons (Fsp3) is 1.00. The van der Waals surface area contributed by atoms with Crippen LogP contribution in [0.1, 0.15) is 390 Å². The lowest BCUT2D eigenvalue weighted by Crippen LogP contribution is -2.25. The Kier molecular flexibility index (Phi) is 60.9. The summed E-state index contributed by atoms with van der Waals surface area (Å²) in [6.45, 7) is 26.4. The average Bonchev–Trinajstić information content (AvgIpc) is 3.48. The molecular formula is C79H158O6. The van der Waals surface area contributed by atoms with E-state index in [0.29, 0.717) is 25.0 Å². The molecule has 1 rings (SSSR count). The van der Waals surface area contributed by atoms with Gasteiger partial charge in [0.05, 0.1) is 26.4 Å². The number of aliphatic hydroxyl groups is 2. The van der Waals surface area contributed by atoms with E-state index in [9.17, 15) is 10.2 Å². The van der Waals surface area contributed by atoms with Crippen LogP contribution in [0.15, 0.2) is 0 Å². The topological polar surface area (TPSA) is 77.4 Å². The highest BCUT2D eigenvalue weighted by Crippen LogP contribution is 2.27. The van der Waals surface area contributed by atoms with Crippen LogP contribution >= 0.6 is 0 Å². The predicted molar refractivity (Wildman–Crippen MR) is 373 cm³/mol. The molecule has 6 nitrogen and oxygen atoms in total. The lowest BCUT2D eigenvalue weighted by Gasteiger charge is -2.18. The standard InChI is InChI=1S/C79H158O6/c1-69-43-32-26-22-18-14-10-11-15-19-23-27-33-44-70(2)49-41-55-76(8)59-63-83-68-78(65-80)84-62-37-30-25-21-17-13-12-16-20-24-28-34-46-74(6)57-58-75(7)54-40-52-72(4)50-39-48-71(3)45-35-29-31-36-61-82-67-79(66-81)85-64-60-77(9)56-42-53-73(5)51-38-47-69/h69-81H,10-68H2,1-9H3/t69-,70-,71+,72+,73-,74+,75+,76-,77-,78-,79-/m1/s1. The van der Waals surface area contributed by atoms with Crippen molar-refractivity contribution < 1.29 is 29.2 Å². The Bertz CT molecular complexity index is 1300. The van der Waals surface area contributed by atoms with Gasteiger partial charge in [0.1, 0.15) is 12.2 Å². The van der Waals surface area contributed by atoms with E-state index in [-0.39, 0.29) is 25.4 Å². The van der Waals surface area contributed by atoms with Gasteiger partial charge in [-0.2, -0.15) is 0 Å². The Morgan fingerprint density at radius 2 is 0.400 bits per heavy atom. The van der Waals surface area contributed by atoms with Crippen molar-refractivity contribution >= 4 is 0 Å². The van der Waals surface area contributed by atoms with Gasteiger partial charge in [-0.3, -0.25) is 0 Å². The third kappa shape index (κ3) is 58.6. The van der Waals surface area contributed by atoms with Gasteiger partial charge in [-0.25, -0.2) is 0 Å². The molecule has 0 radical (unpaired) electrons. The quantitative estimate of drug-likeness (QED) is 0.287. The van der Waals surface area contributed by atoms with Gasteiger partial charge >= 0.3 is 0 Å². The van der Waals surface area contributed by atoms with Gasteiger partial charge in [-0.1, -0.05) is 364 Å². The monoisotopic (exact) mass is 1200 g/mol. The van der Waals surface area contributed by atoms with E-state index in [1.807, 2.05) is 0 Å². The van der Waals surface area contributed by atoms with Crippen molar-refractivity contribution in [2.24, 2.45) is 53.3 Å². The number of aliphatic hydroxyl groups excluding tert-OH is 2. The van der Waals surface area contributed by atoms with E-state index in [4.69, 9.17) is 18.9 Å². The van der Waals surface area contributed by atoms with Gasteiger partial charge in [-0.15, -0.1) is 0 Å². The minimum Gasteiger partial charge on any atom is -0.394 e. The first-order chi connectivity index (χ1) is 41.4. The largest absolute Gasteiger partial charge is 0.394 e. The number of rotatable bonds is 2. The van der Waals surface area contributed by atoms with Crippen molar-refractivity contribution in [1.29, 1.82) is 0 Å². The molecule has 1 aliphatic rings. The van der Waals surface area contributed by atoms with Crippen molar-refractivity contribution in [3.63, 3.8) is 0 Å². The first kappa shape index (κ1) is 82.8. The average molecular weight is 1200 g/mol. The van der Waals surface area contributed by atoms with Gasteiger partial charge < -0.3 is 29.2 Å². The summed E-state index contributed by atoms with van der Waals surface area (Å²) in [6.07, 6.45) is 69.5. The summed E-state index contributed by atoms with van der Waals surface area (Å²) >= 11 is 0. The van der Waals surface area contributed by atoms with Crippen LogP contribution in [0.25, 0.3) is 0 Å². The normalized spacial score (nSPS) is 31.9. The maximum atomic E-state index is 9.94. The Hall–Kier alpha value is -0.240.